The molecule has 0 fully saturated rings. The van der Waals surface area contributed by atoms with Crippen molar-refractivity contribution in [2.75, 3.05) is 0 Å². The summed E-state index contributed by atoms with van der Waals surface area (Å²) in [7, 11) is 3.14. The Labute approximate surface area is 177 Å². The first kappa shape index (κ1) is 20.3. The van der Waals surface area contributed by atoms with Crippen LogP contribution in [0.2, 0.25) is 0 Å². The first-order valence-electron chi connectivity index (χ1n) is 9.73. The van der Waals surface area contributed by atoms with Gasteiger partial charge in [-0.25, -0.2) is 14.0 Å². The van der Waals surface area contributed by atoms with Crippen LogP contribution in [0.4, 0.5) is 0 Å². The van der Waals surface area contributed by atoms with E-state index in [0.717, 1.165) is 10.1 Å². The van der Waals surface area contributed by atoms with Gasteiger partial charge in [0.15, 0.2) is 0 Å². The second-order valence-corrected chi connectivity index (χ2v) is 7.64. The maximum absolute atomic E-state index is 13.5. The molecule has 0 saturated carbocycles. The van der Waals surface area contributed by atoms with Gasteiger partial charge in [-0.05, 0) is 50.1 Å². The zero-order valence-corrected chi connectivity index (χ0v) is 17.9. The van der Waals surface area contributed by atoms with Gasteiger partial charge in [0.1, 0.15) is 5.56 Å². The SMILES string of the molecule is Cc1ccccc1-n1c(=O)c2c(C)c(C(=O)c3c(C)nn(C)c3O)ccc2n(C)c1=O. The zero-order valence-electron chi connectivity index (χ0n) is 17.9. The maximum atomic E-state index is 13.5. The van der Waals surface area contributed by atoms with Gasteiger partial charge < -0.3 is 5.11 Å². The number of carbonyl (C=O) groups excluding carboxylic acids is 1. The smallest absolute Gasteiger partial charge is 0.335 e. The Kier molecular flexibility index (Phi) is 4.65. The van der Waals surface area contributed by atoms with Crippen LogP contribution in [0.3, 0.4) is 0 Å². The van der Waals surface area contributed by atoms with Gasteiger partial charge in [-0.1, -0.05) is 18.2 Å². The lowest BCUT2D eigenvalue weighted by atomic mass is 9.96. The zero-order chi connectivity index (χ0) is 22.6. The number of aromatic hydroxyl groups is 1. The maximum Gasteiger partial charge on any atom is 0.335 e. The number of fused-ring (bicyclic) bond motifs is 1. The molecule has 0 unspecified atom stereocenters. The highest BCUT2D eigenvalue weighted by Crippen LogP contribution is 2.27. The van der Waals surface area contributed by atoms with Gasteiger partial charge in [0, 0.05) is 19.7 Å². The standard InChI is InChI=1S/C23H22N4O4/c1-12-8-6-7-9-16(12)27-22(30)18-13(2)15(10-11-17(18)25(4)23(27)31)20(28)19-14(3)24-26(5)21(19)29/h6-11,29H,1-5H3. The van der Waals surface area contributed by atoms with E-state index in [-0.39, 0.29) is 22.4 Å². The van der Waals surface area contributed by atoms with Gasteiger partial charge >= 0.3 is 5.69 Å². The minimum Gasteiger partial charge on any atom is -0.493 e. The van der Waals surface area contributed by atoms with Crippen LogP contribution in [0.15, 0.2) is 46.0 Å². The molecule has 0 aliphatic carbocycles. The van der Waals surface area contributed by atoms with Crippen LogP contribution in [0.1, 0.15) is 32.7 Å². The largest absolute Gasteiger partial charge is 0.493 e. The lowest BCUT2D eigenvalue weighted by Gasteiger charge is -2.15. The first-order valence-corrected chi connectivity index (χ1v) is 9.73. The molecule has 31 heavy (non-hydrogen) atoms. The minimum absolute atomic E-state index is 0.0917. The summed E-state index contributed by atoms with van der Waals surface area (Å²) >= 11 is 0. The summed E-state index contributed by atoms with van der Waals surface area (Å²) in [6.07, 6.45) is 0. The molecule has 0 saturated heterocycles. The van der Waals surface area contributed by atoms with Crippen molar-refractivity contribution >= 4 is 16.7 Å². The molecule has 1 N–H and O–H groups in total. The number of ketones is 1. The molecular weight excluding hydrogens is 396 g/mol. The molecule has 158 valence electrons. The summed E-state index contributed by atoms with van der Waals surface area (Å²) in [4.78, 5) is 39.8. The highest BCUT2D eigenvalue weighted by molar-refractivity contribution is 6.13. The number of carbonyl (C=O) groups is 1. The van der Waals surface area contributed by atoms with Crippen LogP contribution < -0.4 is 11.2 Å². The van der Waals surface area contributed by atoms with E-state index >= 15 is 0 Å². The molecule has 0 amide bonds. The molecular formula is C23H22N4O4. The molecule has 0 aliphatic rings. The quantitative estimate of drug-likeness (QED) is 0.515. The Morgan fingerprint density at radius 3 is 2.29 bits per heavy atom. The van der Waals surface area contributed by atoms with Crippen LogP contribution in [0, 0.1) is 20.8 Å². The fraction of sp³-hybridized carbons (Fsp3) is 0.217. The first-order chi connectivity index (χ1) is 14.6. The van der Waals surface area contributed by atoms with Crippen molar-refractivity contribution in [3.8, 4) is 11.6 Å². The topological polar surface area (TPSA) is 99.1 Å². The second kappa shape index (κ2) is 7.09. The van der Waals surface area contributed by atoms with E-state index in [1.165, 1.54) is 9.25 Å². The van der Waals surface area contributed by atoms with E-state index in [1.807, 2.05) is 19.1 Å². The average Bonchev–Trinajstić information content (AvgIpc) is 2.98. The van der Waals surface area contributed by atoms with E-state index in [1.54, 1.807) is 52.2 Å². The Hall–Kier alpha value is -3.94. The molecule has 4 rings (SSSR count). The molecule has 2 aromatic carbocycles. The highest BCUT2D eigenvalue weighted by Gasteiger charge is 2.25. The van der Waals surface area contributed by atoms with Crippen molar-refractivity contribution in [1.82, 2.24) is 18.9 Å². The monoisotopic (exact) mass is 418 g/mol. The Bertz CT molecular complexity index is 1510. The van der Waals surface area contributed by atoms with Gasteiger partial charge in [-0.3, -0.25) is 14.2 Å². The fourth-order valence-corrected chi connectivity index (χ4v) is 4.02. The predicted molar refractivity (Wildman–Crippen MR) is 117 cm³/mol. The number of benzene rings is 2. The van der Waals surface area contributed by atoms with Crippen molar-refractivity contribution in [3.05, 3.63) is 85.2 Å². The summed E-state index contributed by atoms with van der Waals surface area (Å²) in [6.45, 7) is 5.14. The highest BCUT2D eigenvalue weighted by atomic mass is 16.3. The number of rotatable bonds is 3. The second-order valence-electron chi connectivity index (χ2n) is 7.64. The number of nitrogens with zero attached hydrogens (tertiary/aromatic N) is 4. The molecule has 8 heteroatoms. The van der Waals surface area contributed by atoms with Crippen molar-refractivity contribution in [3.63, 3.8) is 0 Å². The molecule has 2 heterocycles. The van der Waals surface area contributed by atoms with Gasteiger partial charge in [0.2, 0.25) is 11.7 Å². The number of aromatic nitrogens is 4. The van der Waals surface area contributed by atoms with Crippen LogP contribution in [-0.2, 0) is 14.1 Å². The van der Waals surface area contributed by atoms with Crippen LogP contribution >= 0.6 is 0 Å². The Morgan fingerprint density at radius 1 is 1.00 bits per heavy atom. The molecule has 0 bridgehead atoms. The van der Waals surface area contributed by atoms with Gasteiger partial charge in [0.05, 0.1) is 22.3 Å². The summed E-state index contributed by atoms with van der Waals surface area (Å²) < 4.78 is 3.76. The lowest BCUT2D eigenvalue weighted by Crippen LogP contribution is -2.38. The Morgan fingerprint density at radius 2 is 1.68 bits per heavy atom. The summed E-state index contributed by atoms with van der Waals surface area (Å²) in [5.41, 5.74) is 1.93. The van der Waals surface area contributed by atoms with Crippen molar-refractivity contribution in [2.24, 2.45) is 14.1 Å². The van der Waals surface area contributed by atoms with E-state index in [9.17, 15) is 19.5 Å². The number of aryl methyl sites for hydroxylation is 5. The van der Waals surface area contributed by atoms with Crippen molar-refractivity contribution < 1.29 is 9.90 Å². The summed E-state index contributed by atoms with van der Waals surface area (Å²) in [6, 6.07) is 10.3. The average molecular weight is 418 g/mol. The van der Waals surface area contributed by atoms with E-state index in [2.05, 4.69) is 5.10 Å². The van der Waals surface area contributed by atoms with Crippen molar-refractivity contribution in [1.29, 1.82) is 0 Å². The molecule has 0 radical (unpaired) electrons. The minimum atomic E-state index is -0.494. The molecule has 0 aliphatic heterocycles. The number of hydrogen-bond acceptors (Lipinski definition) is 5. The fourth-order valence-electron chi connectivity index (χ4n) is 4.02. The predicted octanol–water partition coefficient (Wildman–Crippen LogP) is 2.28. The van der Waals surface area contributed by atoms with Crippen LogP contribution in [0.5, 0.6) is 5.88 Å². The van der Waals surface area contributed by atoms with Crippen LogP contribution in [-0.4, -0.2) is 29.8 Å². The summed E-state index contributed by atoms with van der Waals surface area (Å²) in [5, 5.41) is 14.6. The molecule has 0 atom stereocenters. The van der Waals surface area contributed by atoms with E-state index in [4.69, 9.17) is 0 Å². The van der Waals surface area contributed by atoms with Gasteiger partial charge in [-0.2, -0.15) is 5.10 Å². The summed E-state index contributed by atoms with van der Waals surface area (Å²) in [5.74, 6) is -0.669. The molecule has 2 aromatic heterocycles. The lowest BCUT2D eigenvalue weighted by molar-refractivity contribution is 0.103. The third-order valence-corrected chi connectivity index (χ3v) is 5.72. The molecule has 8 nitrogen and oxygen atoms in total. The Balaban J connectivity index is 2.07. The van der Waals surface area contributed by atoms with Crippen molar-refractivity contribution in [2.45, 2.75) is 20.8 Å². The van der Waals surface area contributed by atoms with E-state index < -0.39 is 17.0 Å². The van der Waals surface area contributed by atoms with Gasteiger partial charge in [-0.15, -0.1) is 0 Å². The third-order valence-electron chi connectivity index (χ3n) is 5.72. The van der Waals surface area contributed by atoms with Crippen LogP contribution in [0.25, 0.3) is 16.6 Å². The van der Waals surface area contributed by atoms with E-state index in [0.29, 0.717) is 22.5 Å². The third kappa shape index (κ3) is 2.91. The van der Waals surface area contributed by atoms with Gasteiger partial charge in [0.25, 0.3) is 5.56 Å². The number of hydrogen-bond donors (Lipinski definition) is 1. The molecule has 0 spiro atoms. The normalized spacial score (nSPS) is 11.3. The molecule has 4 aromatic rings. The number of para-hydroxylation sites is 1.